The number of nitrogens with two attached hydrogens (primary N) is 2. The third-order valence-corrected chi connectivity index (χ3v) is 7.11. The Balaban J connectivity index is 3.04. The first-order valence-corrected chi connectivity index (χ1v) is 15.0. The Kier molecular flexibility index (Phi) is 16.7. The molecule has 1 heterocycles. The Morgan fingerprint density at radius 2 is 1.33 bits per heavy atom. The van der Waals surface area contributed by atoms with Crippen LogP contribution in [0.3, 0.4) is 0 Å². The molecule has 0 aromatic carbocycles. The predicted octanol–water partition coefficient (Wildman–Crippen LogP) is -1.83. The maximum atomic E-state index is 13.4. The molecule has 0 aromatic heterocycles. The highest BCUT2D eigenvalue weighted by atomic mass is 16.4. The third-order valence-electron chi connectivity index (χ3n) is 7.11. The highest BCUT2D eigenvalue weighted by Gasteiger charge is 2.36. The van der Waals surface area contributed by atoms with Crippen LogP contribution in [0.1, 0.15) is 72.6 Å². The third kappa shape index (κ3) is 12.8. The molecule has 1 saturated heterocycles. The molecule has 246 valence electrons. The number of nitrogens with zero attached hydrogens (tertiary/aromatic N) is 1. The van der Waals surface area contributed by atoms with Crippen molar-refractivity contribution >= 4 is 35.5 Å². The number of aliphatic hydroxyl groups is 1. The molecule has 43 heavy (non-hydrogen) atoms. The molecule has 0 saturated carbocycles. The van der Waals surface area contributed by atoms with E-state index in [0.717, 1.165) is 0 Å². The number of aliphatic carboxylic acids is 1. The molecule has 0 spiro atoms. The summed E-state index contributed by atoms with van der Waals surface area (Å²) in [5.74, 6) is -4.45. The molecule has 5 atom stereocenters. The number of carbonyl (C=O) groups is 6. The Bertz CT molecular complexity index is 961. The summed E-state index contributed by atoms with van der Waals surface area (Å²) in [6.45, 7) is 7.01. The zero-order valence-electron chi connectivity index (χ0n) is 25.8. The molecule has 5 amide bonds. The number of carbonyl (C=O) groups excluding carboxylic acids is 5. The van der Waals surface area contributed by atoms with Gasteiger partial charge in [-0.05, 0) is 63.3 Å². The molecule has 15 nitrogen and oxygen atoms in total. The van der Waals surface area contributed by atoms with Gasteiger partial charge in [0.2, 0.25) is 29.5 Å². The van der Waals surface area contributed by atoms with Crippen molar-refractivity contribution in [2.75, 3.05) is 26.2 Å². The Morgan fingerprint density at radius 1 is 0.791 bits per heavy atom. The van der Waals surface area contributed by atoms with E-state index < -0.39 is 72.3 Å². The van der Waals surface area contributed by atoms with Crippen LogP contribution in [0.25, 0.3) is 0 Å². The van der Waals surface area contributed by atoms with Crippen molar-refractivity contribution in [3.8, 4) is 0 Å². The van der Waals surface area contributed by atoms with Gasteiger partial charge in [-0.3, -0.25) is 24.0 Å². The Labute approximate surface area is 253 Å². The van der Waals surface area contributed by atoms with Gasteiger partial charge in [0.15, 0.2) is 0 Å². The Morgan fingerprint density at radius 3 is 1.86 bits per heavy atom. The van der Waals surface area contributed by atoms with Gasteiger partial charge in [0, 0.05) is 6.54 Å². The highest BCUT2D eigenvalue weighted by molar-refractivity contribution is 5.96. The first-order valence-electron chi connectivity index (χ1n) is 15.0. The van der Waals surface area contributed by atoms with Crippen LogP contribution in [-0.2, 0) is 28.8 Å². The molecule has 1 aliphatic rings. The predicted molar refractivity (Wildman–Crippen MR) is 158 cm³/mol. The average Bonchev–Trinajstić information content (AvgIpc) is 3.43. The Hall–Kier alpha value is -3.30. The van der Waals surface area contributed by atoms with E-state index >= 15 is 0 Å². The van der Waals surface area contributed by atoms with Crippen molar-refractivity contribution < 1.29 is 39.0 Å². The molecule has 1 rings (SSSR count). The van der Waals surface area contributed by atoms with E-state index in [-0.39, 0.29) is 37.6 Å². The largest absolute Gasteiger partial charge is 0.480 e. The molecule has 15 heteroatoms. The lowest BCUT2D eigenvalue weighted by atomic mass is 10.0. The average molecular weight is 614 g/mol. The smallest absolute Gasteiger partial charge is 0.326 e. The summed E-state index contributed by atoms with van der Waals surface area (Å²) in [5, 5.41) is 29.6. The summed E-state index contributed by atoms with van der Waals surface area (Å²) < 4.78 is 0. The van der Waals surface area contributed by atoms with Crippen molar-refractivity contribution in [1.82, 2.24) is 26.2 Å². The van der Waals surface area contributed by atoms with Crippen LogP contribution in [0, 0.1) is 11.8 Å². The van der Waals surface area contributed by atoms with E-state index in [9.17, 15) is 39.0 Å². The zero-order valence-corrected chi connectivity index (χ0v) is 25.8. The second-order valence-corrected chi connectivity index (χ2v) is 11.8. The molecule has 1 aliphatic heterocycles. The van der Waals surface area contributed by atoms with E-state index in [2.05, 4.69) is 21.3 Å². The van der Waals surface area contributed by atoms with Crippen molar-refractivity contribution in [2.45, 2.75) is 103 Å². The summed E-state index contributed by atoms with van der Waals surface area (Å²) in [6, 6.07) is -5.58. The van der Waals surface area contributed by atoms with Gasteiger partial charge >= 0.3 is 5.97 Å². The first-order chi connectivity index (χ1) is 20.2. The minimum absolute atomic E-state index is 0.00447. The number of amides is 5. The van der Waals surface area contributed by atoms with Gasteiger partial charge in [-0.2, -0.15) is 0 Å². The van der Waals surface area contributed by atoms with Crippen LogP contribution in [-0.4, -0.2) is 107 Å². The standard InChI is InChI=1S/C28H51N7O8/c1-16(2)12-19(32-26(40)21(15-36)34-27(41)22-9-7-11-35(22)23(37)14-30)25(39)31-18(8-5-6-10-29)24(38)33-20(28(42)43)13-17(3)4/h16-22,36H,5-15,29-30H2,1-4H3,(H,31,39)(H,32,40)(H,33,38)(H,34,41)(H,42,43)/t18-,19-,20-,21-,22-/m0/s1. The fraction of sp³-hybridized carbons (Fsp3) is 0.786. The number of aliphatic hydroxyl groups excluding tert-OH is 1. The minimum atomic E-state index is -1.40. The number of carboxylic acids is 1. The van der Waals surface area contributed by atoms with E-state index in [1.165, 1.54) is 4.90 Å². The maximum absolute atomic E-state index is 13.4. The number of rotatable bonds is 19. The lowest BCUT2D eigenvalue weighted by Gasteiger charge is -2.28. The van der Waals surface area contributed by atoms with Crippen molar-refractivity contribution in [1.29, 1.82) is 0 Å². The lowest BCUT2D eigenvalue weighted by molar-refractivity contribution is -0.143. The number of carboxylic acid groups (broad SMARTS) is 1. The second-order valence-electron chi connectivity index (χ2n) is 11.8. The van der Waals surface area contributed by atoms with Gasteiger partial charge < -0.3 is 47.8 Å². The number of nitrogens with one attached hydrogen (secondary N) is 4. The first kappa shape index (κ1) is 37.7. The number of likely N-dealkylation sites (tertiary alicyclic amines) is 1. The molecule has 0 aliphatic carbocycles. The van der Waals surface area contributed by atoms with E-state index in [1.54, 1.807) is 0 Å². The molecule has 0 bridgehead atoms. The van der Waals surface area contributed by atoms with Crippen molar-refractivity contribution in [3.63, 3.8) is 0 Å². The van der Waals surface area contributed by atoms with Gasteiger partial charge in [0.05, 0.1) is 13.2 Å². The van der Waals surface area contributed by atoms with Crippen LogP contribution >= 0.6 is 0 Å². The fourth-order valence-corrected chi connectivity index (χ4v) is 4.89. The van der Waals surface area contributed by atoms with Gasteiger partial charge in [0.25, 0.3) is 0 Å². The topological polar surface area (TPSA) is 246 Å². The maximum Gasteiger partial charge on any atom is 0.326 e. The van der Waals surface area contributed by atoms with Crippen molar-refractivity contribution in [3.05, 3.63) is 0 Å². The normalized spacial score (nSPS) is 17.6. The summed E-state index contributed by atoms with van der Waals surface area (Å²) in [6.07, 6.45) is 2.59. The van der Waals surface area contributed by atoms with Crippen LogP contribution in [0.15, 0.2) is 0 Å². The van der Waals surface area contributed by atoms with Crippen LogP contribution in [0.5, 0.6) is 0 Å². The lowest BCUT2D eigenvalue weighted by Crippen LogP contribution is -2.59. The number of unbranched alkanes of at least 4 members (excludes halogenated alkanes) is 1. The van der Waals surface area contributed by atoms with E-state index in [0.29, 0.717) is 38.8 Å². The SMILES string of the molecule is CC(C)C[C@H](NC(=O)[C@H](CCCCN)NC(=O)[C@H](CC(C)C)NC(=O)[C@H](CO)NC(=O)[C@@H]1CCCN1C(=O)CN)C(=O)O. The molecule has 0 aromatic rings. The monoisotopic (exact) mass is 613 g/mol. The number of hydrogen-bond donors (Lipinski definition) is 8. The molecule has 10 N–H and O–H groups in total. The van der Waals surface area contributed by atoms with E-state index in [4.69, 9.17) is 11.5 Å². The molecular formula is C28H51N7O8. The van der Waals surface area contributed by atoms with Crippen LogP contribution < -0.4 is 32.7 Å². The summed E-state index contributed by atoms with van der Waals surface area (Å²) in [7, 11) is 0. The number of hydrogen-bond acceptors (Lipinski definition) is 9. The molecule has 1 fully saturated rings. The van der Waals surface area contributed by atoms with Gasteiger partial charge in [-0.1, -0.05) is 27.7 Å². The zero-order chi connectivity index (χ0) is 32.7. The summed E-state index contributed by atoms with van der Waals surface area (Å²) in [4.78, 5) is 77.6. The molecule has 0 radical (unpaired) electrons. The van der Waals surface area contributed by atoms with Crippen LogP contribution in [0.2, 0.25) is 0 Å². The van der Waals surface area contributed by atoms with Gasteiger partial charge in [-0.25, -0.2) is 4.79 Å². The van der Waals surface area contributed by atoms with Crippen LogP contribution in [0.4, 0.5) is 0 Å². The molecule has 0 unspecified atom stereocenters. The molecular weight excluding hydrogens is 562 g/mol. The van der Waals surface area contributed by atoms with Crippen molar-refractivity contribution in [2.24, 2.45) is 23.3 Å². The minimum Gasteiger partial charge on any atom is -0.480 e. The summed E-state index contributed by atoms with van der Waals surface area (Å²) in [5.41, 5.74) is 11.0. The highest BCUT2D eigenvalue weighted by Crippen LogP contribution is 2.17. The van der Waals surface area contributed by atoms with E-state index in [1.807, 2.05) is 27.7 Å². The summed E-state index contributed by atoms with van der Waals surface area (Å²) >= 11 is 0. The fourth-order valence-electron chi connectivity index (χ4n) is 4.89. The van der Waals surface area contributed by atoms with Gasteiger partial charge in [0.1, 0.15) is 30.2 Å². The quantitative estimate of drug-likeness (QED) is 0.0757. The second kappa shape index (κ2) is 19.1. The van der Waals surface area contributed by atoms with Gasteiger partial charge in [-0.15, -0.1) is 0 Å².